The molecule has 0 aliphatic carbocycles. The number of aliphatic hydroxyl groups excluding tert-OH is 2. The molecule has 0 fully saturated rings. The summed E-state index contributed by atoms with van der Waals surface area (Å²) in [7, 11) is 0. The van der Waals surface area contributed by atoms with Crippen molar-refractivity contribution in [2.45, 2.75) is 79.2 Å². The first-order chi connectivity index (χ1) is 7.84. The fourth-order valence-corrected chi connectivity index (χ4v) is 2.79. The maximum absolute atomic E-state index is 10.6. The van der Waals surface area contributed by atoms with Gasteiger partial charge in [0.25, 0.3) is 0 Å². The number of unbranched alkanes of at least 4 members (excludes halogenated alkanes) is 2. The highest BCUT2D eigenvalue weighted by atomic mass is 16.3. The molecule has 0 bridgehead atoms. The van der Waals surface area contributed by atoms with Crippen LogP contribution < -0.4 is 0 Å². The lowest BCUT2D eigenvalue weighted by molar-refractivity contribution is -0.0875. The zero-order chi connectivity index (χ0) is 13.5. The molecule has 0 radical (unpaired) electrons. The summed E-state index contributed by atoms with van der Waals surface area (Å²) >= 11 is 0. The molecule has 0 aromatic carbocycles. The highest BCUT2D eigenvalue weighted by Gasteiger charge is 2.42. The van der Waals surface area contributed by atoms with Crippen molar-refractivity contribution in [2.75, 3.05) is 6.61 Å². The summed E-state index contributed by atoms with van der Waals surface area (Å²) in [6.45, 7) is 10.6. The van der Waals surface area contributed by atoms with Crippen molar-refractivity contribution in [1.82, 2.24) is 0 Å². The average Bonchev–Trinajstić information content (AvgIpc) is 2.26. The Bertz CT molecular complexity index is 196. The maximum Gasteiger partial charge on any atom is 0.0666 e. The smallest absolute Gasteiger partial charge is 0.0666 e. The lowest BCUT2D eigenvalue weighted by atomic mass is 9.66. The molecular formula is C15H32O2. The van der Waals surface area contributed by atoms with Crippen LogP contribution in [0.2, 0.25) is 0 Å². The summed E-state index contributed by atoms with van der Waals surface area (Å²) < 4.78 is 0. The molecule has 2 unspecified atom stereocenters. The lowest BCUT2D eigenvalue weighted by Crippen LogP contribution is -2.46. The number of rotatable bonds is 8. The van der Waals surface area contributed by atoms with E-state index < -0.39 is 6.10 Å². The Hall–Kier alpha value is -0.0800. The second-order valence-electron chi connectivity index (χ2n) is 6.50. The van der Waals surface area contributed by atoms with Crippen LogP contribution in [0, 0.1) is 10.8 Å². The van der Waals surface area contributed by atoms with Gasteiger partial charge in [0, 0.05) is 5.41 Å². The molecule has 2 heteroatoms. The van der Waals surface area contributed by atoms with Gasteiger partial charge in [0.1, 0.15) is 0 Å². The molecule has 104 valence electrons. The molecule has 2 atom stereocenters. The van der Waals surface area contributed by atoms with E-state index >= 15 is 0 Å². The van der Waals surface area contributed by atoms with Crippen LogP contribution in [-0.4, -0.2) is 22.9 Å². The Balaban J connectivity index is 4.79. The third-order valence-electron chi connectivity index (χ3n) is 3.74. The second-order valence-corrected chi connectivity index (χ2v) is 6.50. The van der Waals surface area contributed by atoms with Gasteiger partial charge in [-0.05, 0) is 18.3 Å². The van der Waals surface area contributed by atoms with E-state index in [1.807, 2.05) is 0 Å². The number of hydrogen-bond donors (Lipinski definition) is 2. The van der Waals surface area contributed by atoms with Crippen molar-refractivity contribution >= 4 is 0 Å². The van der Waals surface area contributed by atoms with Crippen LogP contribution in [0.3, 0.4) is 0 Å². The van der Waals surface area contributed by atoms with Gasteiger partial charge in [0.2, 0.25) is 0 Å². The van der Waals surface area contributed by atoms with Gasteiger partial charge in [-0.1, -0.05) is 60.3 Å². The van der Waals surface area contributed by atoms with Crippen LogP contribution in [0.25, 0.3) is 0 Å². The Morgan fingerprint density at radius 1 is 0.941 bits per heavy atom. The molecule has 0 heterocycles. The van der Waals surface area contributed by atoms with Crippen LogP contribution in [0.15, 0.2) is 0 Å². The predicted octanol–water partition coefficient (Wildman–Crippen LogP) is 3.75. The van der Waals surface area contributed by atoms with E-state index in [9.17, 15) is 10.2 Å². The zero-order valence-electron chi connectivity index (χ0n) is 12.4. The molecule has 0 aliphatic heterocycles. The third-order valence-corrected chi connectivity index (χ3v) is 3.74. The highest BCUT2D eigenvalue weighted by molar-refractivity contribution is 4.92. The van der Waals surface area contributed by atoms with Gasteiger partial charge >= 0.3 is 0 Å². The quantitative estimate of drug-likeness (QED) is 0.638. The first-order valence-corrected chi connectivity index (χ1v) is 7.13. The Labute approximate surface area is 107 Å². The number of hydrogen-bond acceptors (Lipinski definition) is 2. The van der Waals surface area contributed by atoms with Crippen LogP contribution >= 0.6 is 0 Å². The second kappa shape index (κ2) is 7.38. The Morgan fingerprint density at radius 2 is 1.53 bits per heavy atom. The van der Waals surface area contributed by atoms with Crippen molar-refractivity contribution in [3.63, 3.8) is 0 Å². The van der Waals surface area contributed by atoms with Gasteiger partial charge in [-0.15, -0.1) is 0 Å². The molecule has 0 aromatic rings. The molecule has 0 saturated heterocycles. The zero-order valence-corrected chi connectivity index (χ0v) is 12.4. The molecule has 0 saturated carbocycles. The molecule has 0 amide bonds. The minimum absolute atomic E-state index is 0.100. The molecule has 0 spiro atoms. The number of aliphatic hydroxyl groups is 2. The van der Waals surface area contributed by atoms with Gasteiger partial charge in [-0.25, -0.2) is 0 Å². The van der Waals surface area contributed by atoms with Gasteiger partial charge in [0.05, 0.1) is 12.7 Å². The maximum atomic E-state index is 10.6. The molecule has 2 N–H and O–H groups in total. The standard InChI is InChI=1S/C15H32O2/c1-6-8-9-11-15(12-16,10-7-2)13(17)14(3,4)5/h13,16-17H,6-12H2,1-5H3. The van der Waals surface area contributed by atoms with E-state index in [4.69, 9.17) is 0 Å². The van der Waals surface area contributed by atoms with Crippen molar-refractivity contribution < 1.29 is 10.2 Å². The summed E-state index contributed by atoms with van der Waals surface area (Å²) in [5.41, 5.74) is -0.466. The SMILES string of the molecule is CCCCCC(CO)(CCC)C(O)C(C)(C)C. The van der Waals surface area contributed by atoms with Gasteiger partial charge in [-0.2, -0.15) is 0 Å². The topological polar surface area (TPSA) is 40.5 Å². The molecule has 0 aromatic heterocycles. The van der Waals surface area contributed by atoms with E-state index in [1.165, 1.54) is 12.8 Å². The van der Waals surface area contributed by atoms with E-state index in [1.54, 1.807) is 0 Å². The molecule has 2 nitrogen and oxygen atoms in total. The van der Waals surface area contributed by atoms with E-state index in [-0.39, 0.29) is 17.4 Å². The van der Waals surface area contributed by atoms with Crippen molar-refractivity contribution in [2.24, 2.45) is 10.8 Å². The lowest BCUT2D eigenvalue weighted by Gasteiger charge is -2.43. The first kappa shape index (κ1) is 16.9. The third kappa shape index (κ3) is 4.97. The fourth-order valence-electron chi connectivity index (χ4n) is 2.79. The van der Waals surface area contributed by atoms with Crippen LogP contribution in [0.1, 0.15) is 73.1 Å². The summed E-state index contributed by atoms with van der Waals surface area (Å²) in [6, 6.07) is 0. The largest absolute Gasteiger partial charge is 0.396 e. The van der Waals surface area contributed by atoms with E-state index in [0.717, 1.165) is 25.7 Å². The molecule has 0 rings (SSSR count). The molecule has 17 heavy (non-hydrogen) atoms. The van der Waals surface area contributed by atoms with Crippen molar-refractivity contribution in [3.05, 3.63) is 0 Å². The fraction of sp³-hybridized carbons (Fsp3) is 1.00. The summed E-state index contributed by atoms with van der Waals surface area (Å²) in [5.74, 6) is 0. The Kier molecular flexibility index (Phi) is 7.34. The van der Waals surface area contributed by atoms with Crippen molar-refractivity contribution in [3.8, 4) is 0 Å². The highest BCUT2D eigenvalue weighted by Crippen LogP contribution is 2.41. The average molecular weight is 244 g/mol. The minimum Gasteiger partial charge on any atom is -0.396 e. The van der Waals surface area contributed by atoms with E-state index in [0.29, 0.717) is 0 Å². The summed E-state index contributed by atoms with van der Waals surface area (Å²) in [5, 5.41) is 20.3. The van der Waals surface area contributed by atoms with Crippen LogP contribution in [0.5, 0.6) is 0 Å². The van der Waals surface area contributed by atoms with Gasteiger partial charge in [0.15, 0.2) is 0 Å². The van der Waals surface area contributed by atoms with Crippen LogP contribution in [0.4, 0.5) is 0 Å². The summed E-state index contributed by atoms with van der Waals surface area (Å²) in [4.78, 5) is 0. The van der Waals surface area contributed by atoms with Crippen molar-refractivity contribution in [1.29, 1.82) is 0 Å². The monoisotopic (exact) mass is 244 g/mol. The predicted molar refractivity (Wildman–Crippen MR) is 74.0 cm³/mol. The van der Waals surface area contributed by atoms with Crippen LogP contribution in [-0.2, 0) is 0 Å². The van der Waals surface area contributed by atoms with Gasteiger partial charge in [-0.3, -0.25) is 0 Å². The van der Waals surface area contributed by atoms with E-state index in [2.05, 4.69) is 34.6 Å². The van der Waals surface area contributed by atoms with Gasteiger partial charge < -0.3 is 10.2 Å². The summed E-state index contributed by atoms with van der Waals surface area (Å²) in [6.07, 6.45) is 5.89. The first-order valence-electron chi connectivity index (χ1n) is 7.13. The molecular weight excluding hydrogens is 212 g/mol. The Morgan fingerprint density at radius 3 is 1.88 bits per heavy atom. The molecule has 0 aliphatic rings. The minimum atomic E-state index is -0.434. The normalized spacial score (nSPS) is 17.8.